The second-order valence-corrected chi connectivity index (χ2v) is 5.86. The molecule has 1 fully saturated rings. The zero-order chi connectivity index (χ0) is 15.6. The van der Waals surface area contributed by atoms with Crippen LogP contribution in [0.5, 0.6) is 0 Å². The van der Waals surface area contributed by atoms with Gasteiger partial charge >= 0.3 is 0 Å². The molecule has 1 N–H and O–H groups in total. The van der Waals surface area contributed by atoms with Crippen LogP contribution in [0.2, 0.25) is 0 Å². The van der Waals surface area contributed by atoms with E-state index in [0.29, 0.717) is 19.2 Å². The number of nitrogens with zero attached hydrogens (tertiary/aromatic N) is 2. The molecule has 3 nitrogen and oxygen atoms in total. The Morgan fingerprint density at radius 1 is 1.19 bits per heavy atom. The normalized spacial score (nSPS) is 23.8. The second-order valence-electron chi connectivity index (χ2n) is 5.86. The molecule has 1 aliphatic rings. The van der Waals surface area contributed by atoms with Gasteiger partial charge in [0.25, 0.3) is 0 Å². The van der Waals surface area contributed by atoms with Gasteiger partial charge in [0.15, 0.2) is 11.6 Å². The topological polar surface area (TPSA) is 26.7 Å². The molecule has 0 aromatic heterocycles. The Bertz CT molecular complexity index is 496. The van der Waals surface area contributed by atoms with E-state index < -0.39 is 17.5 Å². The number of rotatable bonds is 4. The number of aliphatic hydroxyl groups excluding tert-OH is 1. The molecule has 1 aliphatic heterocycles. The van der Waals surface area contributed by atoms with Crippen molar-refractivity contribution in [2.75, 3.05) is 33.8 Å². The molecule has 0 amide bonds. The number of piperidine rings is 1. The lowest BCUT2D eigenvalue weighted by Gasteiger charge is -2.41. The monoisotopic (exact) mass is 302 g/mol. The lowest BCUT2D eigenvalue weighted by atomic mass is 9.91. The summed E-state index contributed by atoms with van der Waals surface area (Å²) >= 11 is 0. The lowest BCUT2D eigenvalue weighted by Crippen LogP contribution is -2.51. The zero-order valence-electron chi connectivity index (χ0n) is 12.3. The number of halogens is 3. The van der Waals surface area contributed by atoms with E-state index in [0.717, 1.165) is 12.5 Å². The minimum absolute atomic E-state index is 0.121. The molecule has 1 saturated heterocycles. The Morgan fingerprint density at radius 3 is 2.48 bits per heavy atom. The van der Waals surface area contributed by atoms with Crippen LogP contribution in [0.25, 0.3) is 0 Å². The Hall–Kier alpha value is -1.11. The number of likely N-dealkylation sites (N-methyl/N-ethyl adjacent to an activating group) is 1. The molecular formula is C15H21F3N2O. The maximum Gasteiger partial charge on any atom is 0.161 e. The molecule has 6 heteroatoms. The first-order valence-corrected chi connectivity index (χ1v) is 7.05. The molecule has 21 heavy (non-hydrogen) atoms. The average Bonchev–Trinajstić information content (AvgIpc) is 2.44. The van der Waals surface area contributed by atoms with Crippen molar-refractivity contribution in [3.8, 4) is 0 Å². The van der Waals surface area contributed by atoms with E-state index in [1.165, 1.54) is 0 Å². The van der Waals surface area contributed by atoms with E-state index in [2.05, 4.69) is 0 Å². The third-order valence-electron chi connectivity index (χ3n) is 4.19. The molecule has 0 aliphatic carbocycles. The first-order chi connectivity index (χ1) is 9.92. The molecule has 2 atom stereocenters. The number of hydrogen-bond donors (Lipinski definition) is 1. The highest BCUT2D eigenvalue weighted by atomic mass is 19.2. The van der Waals surface area contributed by atoms with Crippen molar-refractivity contribution in [2.24, 2.45) is 5.92 Å². The highest BCUT2D eigenvalue weighted by Gasteiger charge is 2.30. The fourth-order valence-electron chi connectivity index (χ4n) is 2.91. The summed E-state index contributed by atoms with van der Waals surface area (Å²) in [7, 11) is 3.88. The van der Waals surface area contributed by atoms with E-state index in [1.807, 2.05) is 23.9 Å². The van der Waals surface area contributed by atoms with Crippen LogP contribution >= 0.6 is 0 Å². The molecule has 1 aromatic carbocycles. The highest BCUT2D eigenvalue weighted by molar-refractivity contribution is 5.20. The largest absolute Gasteiger partial charge is 0.396 e. The minimum atomic E-state index is -1.17. The van der Waals surface area contributed by atoms with Crippen molar-refractivity contribution in [3.05, 3.63) is 35.1 Å². The fraction of sp³-hybridized carbons (Fsp3) is 0.600. The van der Waals surface area contributed by atoms with Crippen molar-refractivity contribution >= 4 is 0 Å². The molecule has 0 bridgehead atoms. The number of hydrogen-bond acceptors (Lipinski definition) is 3. The third kappa shape index (κ3) is 3.75. The summed E-state index contributed by atoms with van der Waals surface area (Å²) in [4.78, 5) is 4.04. The van der Waals surface area contributed by atoms with Gasteiger partial charge in [-0.1, -0.05) is 0 Å². The molecule has 0 radical (unpaired) electrons. The first-order valence-electron chi connectivity index (χ1n) is 7.05. The van der Waals surface area contributed by atoms with Crippen LogP contribution in [0.1, 0.15) is 12.0 Å². The van der Waals surface area contributed by atoms with Crippen LogP contribution in [-0.2, 0) is 6.54 Å². The summed E-state index contributed by atoms with van der Waals surface area (Å²) in [6.07, 6.45) is 0.796. The molecular weight excluding hydrogens is 281 g/mol. The summed E-state index contributed by atoms with van der Waals surface area (Å²) in [6.45, 7) is 1.73. The van der Waals surface area contributed by atoms with E-state index in [-0.39, 0.29) is 30.7 Å². The van der Waals surface area contributed by atoms with Gasteiger partial charge in [-0.15, -0.1) is 0 Å². The van der Waals surface area contributed by atoms with E-state index in [9.17, 15) is 18.3 Å². The minimum Gasteiger partial charge on any atom is -0.396 e. The fourth-order valence-corrected chi connectivity index (χ4v) is 2.91. The number of benzene rings is 1. The van der Waals surface area contributed by atoms with Crippen LogP contribution in [0.3, 0.4) is 0 Å². The molecule has 1 heterocycles. The maximum absolute atomic E-state index is 13.7. The Balaban J connectivity index is 2.09. The summed E-state index contributed by atoms with van der Waals surface area (Å²) in [5, 5.41) is 9.40. The molecule has 0 unspecified atom stereocenters. The van der Waals surface area contributed by atoms with Gasteiger partial charge in [-0.05, 0) is 39.0 Å². The summed E-state index contributed by atoms with van der Waals surface area (Å²) < 4.78 is 39.9. The van der Waals surface area contributed by atoms with E-state index in [1.54, 1.807) is 0 Å². The highest BCUT2D eigenvalue weighted by Crippen LogP contribution is 2.23. The number of aliphatic hydroxyl groups is 1. The van der Waals surface area contributed by atoms with E-state index >= 15 is 0 Å². The molecule has 0 spiro atoms. The number of likely N-dealkylation sites (tertiary alicyclic amines) is 1. The first kappa shape index (κ1) is 16.3. The third-order valence-corrected chi connectivity index (χ3v) is 4.19. The molecule has 1 aromatic rings. The van der Waals surface area contributed by atoms with Crippen LogP contribution in [-0.4, -0.2) is 54.7 Å². The van der Waals surface area contributed by atoms with Gasteiger partial charge < -0.3 is 10.0 Å². The lowest BCUT2D eigenvalue weighted by molar-refractivity contribution is 0.0456. The molecule has 0 saturated carbocycles. The summed E-state index contributed by atoms with van der Waals surface area (Å²) in [5.41, 5.74) is 0.161. The Morgan fingerprint density at radius 2 is 1.86 bits per heavy atom. The van der Waals surface area contributed by atoms with Crippen molar-refractivity contribution in [3.63, 3.8) is 0 Å². The van der Waals surface area contributed by atoms with Gasteiger partial charge in [0, 0.05) is 37.4 Å². The van der Waals surface area contributed by atoms with Crippen LogP contribution < -0.4 is 0 Å². The van der Waals surface area contributed by atoms with Crippen molar-refractivity contribution in [1.82, 2.24) is 9.80 Å². The van der Waals surface area contributed by atoms with Crippen molar-refractivity contribution in [1.29, 1.82) is 0 Å². The van der Waals surface area contributed by atoms with Gasteiger partial charge in [-0.2, -0.15) is 0 Å². The molecule has 118 valence electrons. The van der Waals surface area contributed by atoms with Crippen molar-refractivity contribution in [2.45, 2.75) is 19.0 Å². The van der Waals surface area contributed by atoms with Gasteiger partial charge in [-0.25, -0.2) is 13.2 Å². The van der Waals surface area contributed by atoms with Crippen molar-refractivity contribution < 1.29 is 18.3 Å². The summed E-state index contributed by atoms with van der Waals surface area (Å²) in [5.74, 6) is -2.73. The van der Waals surface area contributed by atoms with Crippen LogP contribution in [0.4, 0.5) is 13.2 Å². The standard InChI is InChI=1S/C15H21F3N2O/c1-19(2)15-8-20(4-3-10(15)9-21)7-11-5-13(17)14(18)6-12(11)16/h5-6,10,15,21H,3-4,7-9H2,1-2H3/t10-,15-/m1/s1. The predicted molar refractivity (Wildman–Crippen MR) is 74.3 cm³/mol. The maximum atomic E-state index is 13.7. The van der Waals surface area contributed by atoms with Gasteiger partial charge in [-0.3, -0.25) is 4.90 Å². The second kappa shape index (κ2) is 6.77. The Labute approximate surface area is 123 Å². The van der Waals surface area contributed by atoms with Gasteiger partial charge in [0.05, 0.1) is 0 Å². The van der Waals surface area contributed by atoms with Crippen LogP contribution in [0, 0.1) is 23.4 Å². The smallest absolute Gasteiger partial charge is 0.161 e. The SMILES string of the molecule is CN(C)[C@@H]1CN(Cc2cc(F)c(F)cc2F)CC[C@@H]1CO. The Kier molecular flexibility index (Phi) is 5.24. The van der Waals surface area contributed by atoms with E-state index in [4.69, 9.17) is 0 Å². The predicted octanol–water partition coefficient (Wildman–Crippen LogP) is 1.85. The zero-order valence-corrected chi connectivity index (χ0v) is 12.3. The summed E-state index contributed by atoms with van der Waals surface area (Å²) in [6, 6.07) is 1.68. The average molecular weight is 302 g/mol. The quantitative estimate of drug-likeness (QED) is 0.860. The van der Waals surface area contributed by atoms with Gasteiger partial charge in [0.1, 0.15) is 5.82 Å². The van der Waals surface area contributed by atoms with Crippen LogP contribution in [0.15, 0.2) is 12.1 Å². The van der Waals surface area contributed by atoms with Gasteiger partial charge in [0.2, 0.25) is 0 Å². The molecule has 2 rings (SSSR count).